The van der Waals surface area contributed by atoms with E-state index in [-0.39, 0.29) is 23.7 Å². The molecule has 1 aromatic carbocycles. The first-order valence-electron chi connectivity index (χ1n) is 6.71. The van der Waals surface area contributed by atoms with Gasteiger partial charge in [-0.25, -0.2) is 0 Å². The summed E-state index contributed by atoms with van der Waals surface area (Å²) in [6.07, 6.45) is 4.11. The highest BCUT2D eigenvalue weighted by molar-refractivity contribution is 5.85. The van der Waals surface area contributed by atoms with E-state index in [4.69, 9.17) is 5.73 Å². The van der Waals surface area contributed by atoms with Gasteiger partial charge in [0.25, 0.3) is 0 Å². The number of carbonyl (C=O) groups excluding carboxylic acids is 1. The van der Waals surface area contributed by atoms with Crippen molar-refractivity contribution in [2.75, 3.05) is 6.54 Å². The molecule has 1 saturated carbocycles. The molecule has 0 saturated heterocycles. The second-order valence-electron chi connectivity index (χ2n) is 5.30. The maximum atomic E-state index is 12.3. The standard InChI is InChI=1S/C15H22N2O.ClH/c1-12-6-2-3-7-13(12)10-17-14(18)15(11-16)8-4-5-9-15;/h2-3,6-7H,4-5,8-11,16H2,1H3,(H,17,18);1H. The summed E-state index contributed by atoms with van der Waals surface area (Å²) in [4.78, 5) is 12.3. The molecule has 0 heterocycles. The average molecular weight is 283 g/mol. The van der Waals surface area contributed by atoms with E-state index in [0.717, 1.165) is 25.7 Å². The van der Waals surface area contributed by atoms with Crippen LogP contribution >= 0.6 is 12.4 Å². The highest BCUT2D eigenvalue weighted by Gasteiger charge is 2.39. The van der Waals surface area contributed by atoms with Crippen LogP contribution in [0.25, 0.3) is 0 Å². The second-order valence-corrected chi connectivity index (χ2v) is 5.30. The summed E-state index contributed by atoms with van der Waals surface area (Å²) in [6, 6.07) is 8.14. The molecule has 3 nitrogen and oxygen atoms in total. The maximum Gasteiger partial charge on any atom is 0.227 e. The van der Waals surface area contributed by atoms with Crippen LogP contribution < -0.4 is 11.1 Å². The molecule has 0 bridgehead atoms. The van der Waals surface area contributed by atoms with Crippen molar-refractivity contribution in [2.45, 2.75) is 39.2 Å². The molecule has 0 aromatic heterocycles. The van der Waals surface area contributed by atoms with Gasteiger partial charge in [-0.15, -0.1) is 12.4 Å². The van der Waals surface area contributed by atoms with E-state index in [1.165, 1.54) is 11.1 Å². The zero-order valence-electron chi connectivity index (χ0n) is 11.4. The third kappa shape index (κ3) is 3.48. The summed E-state index contributed by atoms with van der Waals surface area (Å²) in [7, 11) is 0. The quantitative estimate of drug-likeness (QED) is 0.892. The smallest absolute Gasteiger partial charge is 0.227 e. The SMILES string of the molecule is Cc1ccccc1CNC(=O)C1(CN)CCCC1.Cl. The molecule has 0 unspecified atom stereocenters. The van der Waals surface area contributed by atoms with E-state index < -0.39 is 0 Å². The Morgan fingerprint density at radius 2 is 1.95 bits per heavy atom. The van der Waals surface area contributed by atoms with Crippen LogP contribution in [0.1, 0.15) is 36.8 Å². The summed E-state index contributed by atoms with van der Waals surface area (Å²) >= 11 is 0. The second kappa shape index (κ2) is 6.92. The van der Waals surface area contributed by atoms with Gasteiger partial charge in [0.2, 0.25) is 5.91 Å². The van der Waals surface area contributed by atoms with Crippen LogP contribution in [0.15, 0.2) is 24.3 Å². The van der Waals surface area contributed by atoms with E-state index in [9.17, 15) is 4.79 Å². The Hall–Kier alpha value is -1.06. The summed E-state index contributed by atoms with van der Waals surface area (Å²) in [5.74, 6) is 0.130. The van der Waals surface area contributed by atoms with Crippen molar-refractivity contribution in [3.05, 3.63) is 35.4 Å². The molecule has 3 N–H and O–H groups in total. The van der Waals surface area contributed by atoms with E-state index in [1.54, 1.807) is 0 Å². The number of hydrogen-bond acceptors (Lipinski definition) is 2. The average Bonchev–Trinajstić information content (AvgIpc) is 2.87. The minimum absolute atomic E-state index is 0. The first kappa shape index (κ1) is 16.0. The van der Waals surface area contributed by atoms with Gasteiger partial charge < -0.3 is 11.1 Å². The van der Waals surface area contributed by atoms with Gasteiger partial charge in [-0.3, -0.25) is 4.79 Å². The number of halogens is 1. The number of amides is 1. The van der Waals surface area contributed by atoms with Crippen LogP contribution in [-0.2, 0) is 11.3 Å². The minimum atomic E-state index is -0.303. The molecule has 4 heteroatoms. The number of carbonyl (C=O) groups is 1. The molecule has 0 radical (unpaired) electrons. The fraction of sp³-hybridized carbons (Fsp3) is 0.533. The Labute approximate surface area is 121 Å². The van der Waals surface area contributed by atoms with Gasteiger partial charge in [0.15, 0.2) is 0 Å². The lowest BCUT2D eigenvalue weighted by molar-refractivity contribution is -0.130. The van der Waals surface area contributed by atoms with Gasteiger partial charge in [-0.2, -0.15) is 0 Å². The van der Waals surface area contributed by atoms with Crippen LogP contribution in [0.4, 0.5) is 0 Å². The molecule has 2 rings (SSSR count). The first-order chi connectivity index (χ1) is 8.68. The highest BCUT2D eigenvalue weighted by atomic mass is 35.5. The Morgan fingerprint density at radius 1 is 1.32 bits per heavy atom. The highest BCUT2D eigenvalue weighted by Crippen LogP contribution is 2.37. The predicted molar refractivity (Wildman–Crippen MR) is 80.2 cm³/mol. The number of hydrogen-bond donors (Lipinski definition) is 2. The largest absolute Gasteiger partial charge is 0.351 e. The fourth-order valence-corrected chi connectivity index (χ4v) is 2.75. The first-order valence-corrected chi connectivity index (χ1v) is 6.71. The molecule has 1 aliphatic carbocycles. The van der Waals surface area contributed by atoms with Crippen molar-refractivity contribution < 1.29 is 4.79 Å². The molecule has 1 amide bonds. The molecule has 1 aliphatic rings. The number of benzene rings is 1. The Morgan fingerprint density at radius 3 is 2.53 bits per heavy atom. The van der Waals surface area contributed by atoms with Crippen LogP contribution in [0.2, 0.25) is 0 Å². The molecule has 1 aromatic rings. The topological polar surface area (TPSA) is 55.1 Å². The van der Waals surface area contributed by atoms with Gasteiger partial charge in [0.05, 0.1) is 5.41 Å². The summed E-state index contributed by atoms with van der Waals surface area (Å²) in [6.45, 7) is 3.13. The van der Waals surface area contributed by atoms with E-state index >= 15 is 0 Å². The number of rotatable bonds is 4. The summed E-state index contributed by atoms with van der Waals surface area (Å²) in [5.41, 5.74) is 7.90. The Kier molecular flexibility index (Phi) is 5.83. The van der Waals surface area contributed by atoms with Crippen molar-refractivity contribution in [1.82, 2.24) is 5.32 Å². The normalized spacial score (nSPS) is 16.7. The maximum absolute atomic E-state index is 12.3. The van der Waals surface area contributed by atoms with Gasteiger partial charge in [-0.1, -0.05) is 37.1 Å². The lowest BCUT2D eigenvalue weighted by atomic mass is 9.85. The van der Waals surface area contributed by atoms with Crippen LogP contribution in [0.3, 0.4) is 0 Å². The van der Waals surface area contributed by atoms with E-state index in [2.05, 4.69) is 24.4 Å². The molecule has 0 spiro atoms. The zero-order valence-corrected chi connectivity index (χ0v) is 12.3. The number of aryl methyl sites for hydroxylation is 1. The van der Waals surface area contributed by atoms with E-state index in [0.29, 0.717) is 13.1 Å². The molecule has 0 atom stereocenters. The lowest BCUT2D eigenvalue weighted by Gasteiger charge is -2.25. The van der Waals surface area contributed by atoms with Crippen molar-refractivity contribution in [1.29, 1.82) is 0 Å². The number of nitrogens with one attached hydrogen (secondary N) is 1. The summed E-state index contributed by atoms with van der Waals surface area (Å²) in [5, 5.41) is 3.05. The summed E-state index contributed by atoms with van der Waals surface area (Å²) < 4.78 is 0. The van der Waals surface area contributed by atoms with Gasteiger partial charge in [0, 0.05) is 13.1 Å². The third-order valence-corrected chi connectivity index (χ3v) is 4.13. The van der Waals surface area contributed by atoms with Crippen LogP contribution in [-0.4, -0.2) is 12.5 Å². The lowest BCUT2D eigenvalue weighted by Crippen LogP contribution is -2.43. The molecule has 19 heavy (non-hydrogen) atoms. The van der Waals surface area contributed by atoms with Crippen molar-refractivity contribution in [3.63, 3.8) is 0 Å². The predicted octanol–water partition coefficient (Wildman–Crippen LogP) is 2.55. The minimum Gasteiger partial charge on any atom is -0.351 e. The van der Waals surface area contributed by atoms with Gasteiger partial charge in [0.1, 0.15) is 0 Å². The molecular formula is C15H23ClN2O. The molecule has 106 valence electrons. The van der Waals surface area contributed by atoms with E-state index in [1.807, 2.05) is 12.1 Å². The van der Waals surface area contributed by atoms with Crippen LogP contribution in [0.5, 0.6) is 0 Å². The van der Waals surface area contributed by atoms with Crippen molar-refractivity contribution in [3.8, 4) is 0 Å². The number of nitrogens with two attached hydrogens (primary N) is 1. The van der Waals surface area contributed by atoms with Gasteiger partial charge >= 0.3 is 0 Å². The Balaban J connectivity index is 0.00000180. The molecule has 1 fully saturated rings. The third-order valence-electron chi connectivity index (χ3n) is 4.13. The van der Waals surface area contributed by atoms with Gasteiger partial charge in [-0.05, 0) is 30.9 Å². The zero-order chi connectivity index (χ0) is 13.0. The molecular weight excluding hydrogens is 260 g/mol. The monoisotopic (exact) mass is 282 g/mol. The Bertz CT molecular complexity index is 428. The van der Waals surface area contributed by atoms with Crippen molar-refractivity contribution >= 4 is 18.3 Å². The fourth-order valence-electron chi connectivity index (χ4n) is 2.75. The molecule has 0 aliphatic heterocycles. The van der Waals surface area contributed by atoms with Crippen molar-refractivity contribution in [2.24, 2.45) is 11.1 Å². The van der Waals surface area contributed by atoms with Crippen LogP contribution in [0, 0.1) is 12.3 Å².